The van der Waals surface area contributed by atoms with Gasteiger partial charge in [-0.3, -0.25) is 9.80 Å². The summed E-state index contributed by atoms with van der Waals surface area (Å²) in [5.41, 5.74) is 1.35. The molecular formula is C18H22FN5O2. The molecule has 1 aliphatic heterocycles. The van der Waals surface area contributed by atoms with Gasteiger partial charge in [0.25, 0.3) is 0 Å². The van der Waals surface area contributed by atoms with Crippen molar-refractivity contribution >= 4 is 11.0 Å². The number of nitrogens with zero attached hydrogens (tertiary/aromatic N) is 5. The molecule has 4 rings (SSSR count). The Labute approximate surface area is 150 Å². The van der Waals surface area contributed by atoms with Crippen LogP contribution in [-0.2, 0) is 13.1 Å². The molecule has 8 heteroatoms. The van der Waals surface area contributed by atoms with Crippen molar-refractivity contribution in [1.29, 1.82) is 0 Å². The van der Waals surface area contributed by atoms with Gasteiger partial charge in [0, 0.05) is 50.1 Å². The molecule has 1 aliphatic rings. The summed E-state index contributed by atoms with van der Waals surface area (Å²) < 4.78 is 23.8. The first kappa shape index (κ1) is 17.1. The fourth-order valence-corrected chi connectivity index (χ4v) is 3.15. The van der Waals surface area contributed by atoms with Gasteiger partial charge in [-0.25, -0.2) is 4.39 Å². The normalized spacial score (nSPS) is 16.8. The summed E-state index contributed by atoms with van der Waals surface area (Å²) in [6.45, 7) is 9.16. The fraction of sp³-hybridized carbons (Fsp3) is 0.500. The summed E-state index contributed by atoms with van der Waals surface area (Å²) in [4.78, 5) is 9.07. The SMILES string of the molecule is CC(C)c1noc(CN2CCN(Cc3noc4cc(F)ccc34)CC2)n1. The molecular weight excluding hydrogens is 337 g/mol. The smallest absolute Gasteiger partial charge is 0.240 e. The third-order valence-corrected chi connectivity index (χ3v) is 4.71. The Balaban J connectivity index is 1.33. The van der Waals surface area contributed by atoms with Crippen LogP contribution in [-0.4, -0.2) is 51.3 Å². The molecule has 0 atom stereocenters. The molecule has 0 unspecified atom stereocenters. The second kappa shape index (κ2) is 7.13. The first-order chi connectivity index (χ1) is 12.6. The first-order valence-electron chi connectivity index (χ1n) is 8.89. The van der Waals surface area contributed by atoms with Crippen LogP contribution >= 0.6 is 0 Å². The van der Waals surface area contributed by atoms with Crippen LogP contribution in [0.5, 0.6) is 0 Å². The Morgan fingerprint density at radius 2 is 1.77 bits per heavy atom. The topological polar surface area (TPSA) is 71.4 Å². The zero-order chi connectivity index (χ0) is 18.1. The van der Waals surface area contributed by atoms with Crippen molar-refractivity contribution in [3.63, 3.8) is 0 Å². The van der Waals surface area contributed by atoms with Gasteiger partial charge >= 0.3 is 0 Å². The van der Waals surface area contributed by atoms with E-state index in [-0.39, 0.29) is 11.7 Å². The van der Waals surface area contributed by atoms with Crippen molar-refractivity contribution in [2.24, 2.45) is 0 Å². The Bertz CT molecular complexity index is 883. The van der Waals surface area contributed by atoms with Gasteiger partial charge in [-0.05, 0) is 12.1 Å². The lowest BCUT2D eigenvalue weighted by atomic mass is 10.2. The number of hydrogen-bond donors (Lipinski definition) is 0. The lowest BCUT2D eigenvalue weighted by Gasteiger charge is -2.33. The molecule has 1 saturated heterocycles. The maximum Gasteiger partial charge on any atom is 0.240 e. The van der Waals surface area contributed by atoms with E-state index in [2.05, 4.69) is 38.9 Å². The van der Waals surface area contributed by atoms with E-state index in [0.29, 0.717) is 24.6 Å². The maximum atomic E-state index is 13.3. The number of fused-ring (bicyclic) bond motifs is 1. The predicted molar refractivity (Wildman–Crippen MR) is 92.9 cm³/mol. The number of halogens is 1. The molecule has 3 aromatic rings. The summed E-state index contributed by atoms with van der Waals surface area (Å²) in [6.07, 6.45) is 0. The minimum Gasteiger partial charge on any atom is -0.356 e. The second-order valence-electron chi connectivity index (χ2n) is 7.02. The van der Waals surface area contributed by atoms with Crippen molar-refractivity contribution < 1.29 is 13.4 Å². The molecule has 0 aliphatic carbocycles. The van der Waals surface area contributed by atoms with E-state index >= 15 is 0 Å². The maximum absolute atomic E-state index is 13.3. The third kappa shape index (κ3) is 3.61. The van der Waals surface area contributed by atoms with Crippen LogP contribution in [0.3, 0.4) is 0 Å². The molecule has 0 amide bonds. The van der Waals surface area contributed by atoms with Crippen LogP contribution in [0.15, 0.2) is 27.2 Å². The minimum atomic E-state index is -0.310. The highest BCUT2D eigenvalue weighted by Gasteiger charge is 2.21. The quantitative estimate of drug-likeness (QED) is 0.693. The zero-order valence-electron chi connectivity index (χ0n) is 15.0. The van der Waals surface area contributed by atoms with Crippen molar-refractivity contribution in [2.75, 3.05) is 26.2 Å². The van der Waals surface area contributed by atoms with Gasteiger partial charge in [-0.2, -0.15) is 4.98 Å². The van der Waals surface area contributed by atoms with E-state index in [1.165, 1.54) is 12.1 Å². The molecule has 26 heavy (non-hydrogen) atoms. The van der Waals surface area contributed by atoms with E-state index in [1.54, 1.807) is 6.07 Å². The van der Waals surface area contributed by atoms with Gasteiger partial charge in [0.05, 0.1) is 6.54 Å². The number of hydrogen-bond acceptors (Lipinski definition) is 7. The standard InChI is InChI=1S/C18H22FN5O2/c1-12(2)18-20-17(26-22-18)11-24-7-5-23(6-8-24)10-15-14-4-3-13(19)9-16(14)25-21-15/h3-4,9,12H,5-8,10-11H2,1-2H3. The summed E-state index contributed by atoms with van der Waals surface area (Å²) >= 11 is 0. The van der Waals surface area contributed by atoms with Crippen molar-refractivity contribution in [3.8, 4) is 0 Å². The van der Waals surface area contributed by atoms with Gasteiger partial charge in [-0.1, -0.05) is 24.2 Å². The predicted octanol–water partition coefficient (Wildman–Crippen LogP) is 2.79. The molecule has 0 N–H and O–H groups in total. The van der Waals surface area contributed by atoms with Crippen molar-refractivity contribution in [1.82, 2.24) is 25.1 Å². The van der Waals surface area contributed by atoms with Crippen molar-refractivity contribution in [2.45, 2.75) is 32.9 Å². The summed E-state index contributed by atoms with van der Waals surface area (Å²) in [5, 5.41) is 8.99. The van der Waals surface area contributed by atoms with Gasteiger partial charge in [0.15, 0.2) is 11.4 Å². The zero-order valence-corrected chi connectivity index (χ0v) is 15.0. The average molecular weight is 359 g/mol. The van der Waals surface area contributed by atoms with Gasteiger partial charge in [0.2, 0.25) is 5.89 Å². The fourth-order valence-electron chi connectivity index (χ4n) is 3.15. The molecule has 2 aromatic heterocycles. The third-order valence-electron chi connectivity index (χ3n) is 4.71. The Morgan fingerprint density at radius 1 is 1.04 bits per heavy atom. The van der Waals surface area contributed by atoms with E-state index in [9.17, 15) is 4.39 Å². The number of benzene rings is 1. The Kier molecular flexibility index (Phi) is 4.69. The van der Waals surface area contributed by atoms with Gasteiger partial charge < -0.3 is 9.05 Å². The molecule has 1 aromatic carbocycles. The van der Waals surface area contributed by atoms with Crippen LogP contribution in [0.1, 0.15) is 37.2 Å². The monoisotopic (exact) mass is 359 g/mol. The number of piperazine rings is 1. The van der Waals surface area contributed by atoms with E-state index < -0.39 is 0 Å². The number of rotatable bonds is 5. The van der Waals surface area contributed by atoms with Crippen molar-refractivity contribution in [3.05, 3.63) is 41.4 Å². The number of aromatic nitrogens is 3. The van der Waals surface area contributed by atoms with Crippen LogP contribution in [0.2, 0.25) is 0 Å². The summed E-state index contributed by atoms with van der Waals surface area (Å²) in [5.74, 6) is 1.39. The van der Waals surface area contributed by atoms with Gasteiger partial charge in [-0.15, -0.1) is 0 Å². The van der Waals surface area contributed by atoms with Crippen LogP contribution < -0.4 is 0 Å². The second-order valence-corrected chi connectivity index (χ2v) is 7.02. The Morgan fingerprint density at radius 3 is 2.46 bits per heavy atom. The molecule has 7 nitrogen and oxygen atoms in total. The van der Waals surface area contributed by atoms with Crippen LogP contribution in [0, 0.1) is 5.82 Å². The molecule has 138 valence electrons. The molecule has 3 heterocycles. The van der Waals surface area contributed by atoms with E-state index in [0.717, 1.165) is 43.1 Å². The summed E-state index contributed by atoms with van der Waals surface area (Å²) in [6, 6.07) is 4.55. The van der Waals surface area contributed by atoms with Crippen LogP contribution in [0.25, 0.3) is 11.0 Å². The lowest BCUT2D eigenvalue weighted by Crippen LogP contribution is -2.45. The first-order valence-corrected chi connectivity index (χ1v) is 8.89. The largest absolute Gasteiger partial charge is 0.356 e. The summed E-state index contributed by atoms with van der Waals surface area (Å²) in [7, 11) is 0. The lowest BCUT2D eigenvalue weighted by molar-refractivity contribution is 0.110. The molecule has 0 radical (unpaired) electrons. The molecule has 0 saturated carbocycles. The highest BCUT2D eigenvalue weighted by Crippen LogP contribution is 2.21. The Hall–Kier alpha value is -2.32. The van der Waals surface area contributed by atoms with E-state index in [4.69, 9.17) is 9.05 Å². The minimum absolute atomic E-state index is 0.273. The molecule has 0 spiro atoms. The van der Waals surface area contributed by atoms with Gasteiger partial charge in [0.1, 0.15) is 11.5 Å². The average Bonchev–Trinajstić information content (AvgIpc) is 3.24. The molecule has 0 bridgehead atoms. The van der Waals surface area contributed by atoms with Crippen LogP contribution in [0.4, 0.5) is 4.39 Å². The highest BCUT2D eigenvalue weighted by molar-refractivity contribution is 5.79. The molecule has 1 fully saturated rings. The van der Waals surface area contributed by atoms with E-state index in [1.807, 2.05) is 0 Å². The highest BCUT2D eigenvalue weighted by atomic mass is 19.1.